The summed E-state index contributed by atoms with van der Waals surface area (Å²) in [5.41, 5.74) is 3.26. The highest BCUT2D eigenvalue weighted by molar-refractivity contribution is 6.31. The molecular weight excluding hydrogens is 348 g/mol. The summed E-state index contributed by atoms with van der Waals surface area (Å²) in [6.07, 6.45) is 0. The van der Waals surface area contributed by atoms with E-state index >= 15 is 0 Å². The number of hydrogen-bond donors (Lipinski definition) is 2. The van der Waals surface area contributed by atoms with E-state index in [4.69, 9.17) is 16.0 Å². The van der Waals surface area contributed by atoms with Gasteiger partial charge in [0.15, 0.2) is 5.76 Å². The zero-order chi connectivity index (χ0) is 17.9. The second-order valence-electron chi connectivity index (χ2n) is 5.82. The van der Waals surface area contributed by atoms with Gasteiger partial charge >= 0.3 is 0 Å². The van der Waals surface area contributed by atoms with E-state index in [1.807, 2.05) is 54.6 Å². The van der Waals surface area contributed by atoms with Crippen LogP contribution >= 0.6 is 11.6 Å². The number of furan rings is 1. The van der Waals surface area contributed by atoms with Crippen LogP contribution in [0.3, 0.4) is 0 Å². The average Bonchev–Trinajstić information content (AvgIpc) is 3.07. The van der Waals surface area contributed by atoms with Crippen LogP contribution < -0.4 is 10.6 Å². The lowest BCUT2D eigenvalue weighted by molar-refractivity contribution is 0.0998. The molecule has 0 aliphatic heterocycles. The number of benzene rings is 3. The fraction of sp³-hybridized carbons (Fsp3) is 0. The first-order valence-corrected chi connectivity index (χ1v) is 8.48. The van der Waals surface area contributed by atoms with Crippen LogP contribution in [0.4, 0.5) is 17.1 Å². The molecule has 26 heavy (non-hydrogen) atoms. The molecule has 0 aliphatic carbocycles. The van der Waals surface area contributed by atoms with Crippen molar-refractivity contribution in [2.75, 3.05) is 10.6 Å². The first-order valence-electron chi connectivity index (χ1n) is 8.10. The molecule has 0 bridgehead atoms. The Bertz CT molecular complexity index is 1060. The summed E-state index contributed by atoms with van der Waals surface area (Å²) in [5.74, 6) is -0.0603. The molecule has 1 amide bonds. The van der Waals surface area contributed by atoms with Gasteiger partial charge in [-0.3, -0.25) is 4.79 Å². The minimum Gasteiger partial charge on any atom is -0.451 e. The van der Waals surface area contributed by atoms with Crippen LogP contribution in [0.2, 0.25) is 5.02 Å². The molecule has 0 spiro atoms. The van der Waals surface area contributed by atoms with Crippen molar-refractivity contribution in [2.24, 2.45) is 0 Å². The molecule has 128 valence electrons. The molecule has 2 N–H and O–H groups in total. The second kappa shape index (κ2) is 6.94. The molecule has 1 heterocycles. The fourth-order valence-corrected chi connectivity index (χ4v) is 2.82. The maximum Gasteiger partial charge on any atom is 0.291 e. The second-order valence-corrected chi connectivity index (χ2v) is 6.25. The smallest absolute Gasteiger partial charge is 0.291 e. The maximum atomic E-state index is 12.4. The first kappa shape index (κ1) is 16.2. The van der Waals surface area contributed by atoms with Gasteiger partial charge in [0.2, 0.25) is 0 Å². The summed E-state index contributed by atoms with van der Waals surface area (Å²) in [5, 5.41) is 7.53. The van der Waals surface area contributed by atoms with Gasteiger partial charge in [0.1, 0.15) is 5.58 Å². The van der Waals surface area contributed by atoms with Crippen LogP contribution in [-0.4, -0.2) is 5.91 Å². The van der Waals surface area contributed by atoms with E-state index in [2.05, 4.69) is 10.6 Å². The van der Waals surface area contributed by atoms with Crippen molar-refractivity contribution < 1.29 is 9.21 Å². The third kappa shape index (κ3) is 3.55. The van der Waals surface area contributed by atoms with E-state index in [0.717, 1.165) is 16.8 Å². The molecule has 1 aromatic heterocycles. The summed E-state index contributed by atoms with van der Waals surface area (Å²) >= 11 is 5.96. The topological polar surface area (TPSA) is 54.3 Å². The molecule has 0 unspecified atom stereocenters. The number of fused-ring (bicyclic) bond motifs is 1. The zero-order valence-electron chi connectivity index (χ0n) is 13.7. The zero-order valence-corrected chi connectivity index (χ0v) is 14.5. The number of carbonyl (C=O) groups is 1. The number of amides is 1. The van der Waals surface area contributed by atoms with Crippen molar-refractivity contribution in [3.63, 3.8) is 0 Å². The van der Waals surface area contributed by atoms with Gasteiger partial charge in [0.25, 0.3) is 5.91 Å². The number of para-hydroxylation sites is 1. The number of rotatable bonds is 4. The highest BCUT2D eigenvalue weighted by Crippen LogP contribution is 2.24. The molecule has 4 nitrogen and oxygen atoms in total. The standard InChI is InChI=1S/C21H15ClN2O2/c22-15-6-11-19-14(12-15)13-20(26-19)21(25)24-18-9-7-17(8-10-18)23-16-4-2-1-3-5-16/h1-13,23H,(H,24,25). The highest BCUT2D eigenvalue weighted by atomic mass is 35.5. The number of carbonyl (C=O) groups excluding carboxylic acids is 1. The van der Waals surface area contributed by atoms with Crippen molar-refractivity contribution in [1.29, 1.82) is 0 Å². The summed E-state index contributed by atoms with van der Waals surface area (Å²) in [6.45, 7) is 0. The maximum absolute atomic E-state index is 12.4. The Balaban J connectivity index is 1.46. The normalized spacial score (nSPS) is 10.7. The molecule has 3 aromatic carbocycles. The Morgan fingerprint density at radius 3 is 2.27 bits per heavy atom. The van der Waals surface area contributed by atoms with Gasteiger partial charge in [0.05, 0.1) is 0 Å². The predicted molar refractivity (Wildman–Crippen MR) is 105 cm³/mol. The predicted octanol–water partition coefficient (Wildman–Crippen LogP) is 6.08. The Hall–Kier alpha value is -3.24. The van der Waals surface area contributed by atoms with Crippen LogP contribution in [0.5, 0.6) is 0 Å². The van der Waals surface area contributed by atoms with Crippen molar-refractivity contribution in [3.8, 4) is 0 Å². The van der Waals surface area contributed by atoms with Crippen LogP contribution in [0.25, 0.3) is 11.0 Å². The molecule has 0 saturated carbocycles. The lowest BCUT2D eigenvalue weighted by Gasteiger charge is -2.08. The van der Waals surface area contributed by atoms with Gasteiger partial charge in [-0.25, -0.2) is 0 Å². The van der Waals surface area contributed by atoms with Gasteiger partial charge in [-0.15, -0.1) is 0 Å². The Morgan fingerprint density at radius 2 is 1.50 bits per heavy atom. The van der Waals surface area contributed by atoms with Crippen LogP contribution in [0.15, 0.2) is 83.3 Å². The highest BCUT2D eigenvalue weighted by Gasteiger charge is 2.12. The Kier molecular flexibility index (Phi) is 4.33. The van der Waals surface area contributed by atoms with Crippen molar-refractivity contribution >= 4 is 45.5 Å². The molecule has 0 atom stereocenters. The molecule has 4 rings (SSSR count). The van der Waals surface area contributed by atoms with Crippen LogP contribution in [0.1, 0.15) is 10.6 Å². The number of hydrogen-bond acceptors (Lipinski definition) is 3. The van der Waals surface area contributed by atoms with E-state index < -0.39 is 0 Å². The summed E-state index contributed by atoms with van der Waals surface area (Å²) in [6, 6.07) is 24.3. The number of halogens is 1. The number of anilines is 3. The van der Waals surface area contributed by atoms with Crippen LogP contribution in [-0.2, 0) is 0 Å². The third-order valence-corrected chi connectivity index (χ3v) is 4.14. The van der Waals surface area contributed by atoms with Gasteiger partial charge in [-0.1, -0.05) is 29.8 Å². The summed E-state index contributed by atoms with van der Waals surface area (Å²) in [4.78, 5) is 12.4. The largest absolute Gasteiger partial charge is 0.451 e. The van der Waals surface area contributed by atoms with Gasteiger partial charge in [-0.2, -0.15) is 0 Å². The summed E-state index contributed by atoms with van der Waals surface area (Å²) < 4.78 is 5.58. The lowest BCUT2D eigenvalue weighted by Crippen LogP contribution is -2.10. The molecule has 5 heteroatoms. The van der Waals surface area contributed by atoms with Crippen molar-refractivity contribution in [3.05, 3.63) is 89.6 Å². The van der Waals surface area contributed by atoms with E-state index in [0.29, 0.717) is 16.3 Å². The van der Waals surface area contributed by atoms with Crippen molar-refractivity contribution in [2.45, 2.75) is 0 Å². The van der Waals surface area contributed by atoms with Gasteiger partial charge in [-0.05, 0) is 60.7 Å². The SMILES string of the molecule is O=C(Nc1ccc(Nc2ccccc2)cc1)c1cc2cc(Cl)ccc2o1. The van der Waals surface area contributed by atoms with E-state index in [9.17, 15) is 4.79 Å². The third-order valence-electron chi connectivity index (χ3n) is 3.91. The van der Waals surface area contributed by atoms with Gasteiger partial charge in [0, 0.05) is 27.5 Å². The average molecular weight is 363 g/mol. The van der Waals surface area contributed by atoms with Crippen LogP contribution in [0, 0.1) is 0 Å². The minimum atomic E-state index is -0.305. The quantitative estimate of drug-likeness (QED) is 0.462. The molecular formula is C21H15ClN2O2. The van der Waals surface area contributed by atoms with E-state index in [-0.39, 0.29) is 11.7 Å². The lowest BCUT2D eigenvalue weighted by atomic mass is 10.2. The Labute approximate surface area is 155 Å². The van der Waals surface area contributed by atoms with E-state index in [1.165, 1.54) is 0 Å². The molecule has 0 saturated heterocycles. The monoisotopic (exact) mass is 362 g/mol. The summed E-state index contributed by atoms with van der Waals surface area (Å²) in [7, 11) is 0. The number of nitrogens with one attached hydrogen (secondary N) is 2. The van der Waals surface area contributed by atoms with Gasteiger partial charge < -0.3 is 15.1 Å². The first-order chi connectivity index (χ1) is 12.7. The molecule has 4 aromatic rings. The molecule has 0 fully saturated rings. The van der Waals surface area contributed by atoms with Crippen molar-refractivity contribution in [1.82, 2.24) is 0 Å². The molecule has 0 radical (unpaired) electrons. The minimum absolute atomic E-state index is 0.244. The molecule has 0 aliphatic rings. The fourth-order valence-electron chi connectivity index (χ4n) is 2.64. The Morgan fingerprint density at radius 1 is 0.808 bits per heavy atom. The van der Waals surface area contributed by atoms with E-state index in [1.54, 1.807) is 24.3 Å².